The number of hydrogen-bond donors (Lipinski definition) is 1. The Labute approximate surface area is 134 Å². The van der Waals surface area contributed by atoms with Crippen molar-refractivity contribution >= 4 is 5.91 Å². The van der Waals surface area contributed by atoms with Gasteiger partial charge in [-0.25, -0.2) is 4.98 Å². The molecule has 1 amide bonds. The summed E-state index contributed by atoms with van der Waals surface area (Å²) >= 11 is 0. The number of amides is 1. The third-order valence-electron chi connectivity index (χ3n) is 4.10. The average Bonchev–Trinajstić information content (AvgIpc) is 3.24. The number of pyridine rings is 1. The molecular weight excluding hydrogens is 296 g/mol. The molecule has 3 heterocycles. The van der Waals surface area contributed by atoms with Crippen LogP contribution in [0.3, 0.4) is 0 Å². The number of likely N-dealkylation sites (tertiary alicyclic amines) is 1. The number of rotatable bonds is 5. The molecule has 3 rings (SSSR count). The summed E-state index contributed by atoms with van der Waals surface area (Å²) in [4.78, 5) is 18.9. The van der Waals surface area contributed by atoms with Crippen LogP contribution in [0.15, 0.2) is 31.0 Å². The highest BCUT2D eigenvalue weighted by Crippen LogP contribution is 2.13. The minimum atomic E-state index is -0.141. The maximum atomic E-state index is 12.4. The Morgan fingerprint density at radius 1 is 1.35 bits per heavy atom. The van der Waals surface area contributed by atoms with Crippen LogP contribution in [0, 0.1) is 0 Å². The number of nitrogens with one attached hydrogen (secondary N) is 1. The lowest BCUT2D eigenvalue weighted by atomic mass is 10.2. The van der Waals surface area contributed by atoms with Crippen molar-refractivity contribution in [3.63, 3.8) is 0 Å². The number of ether oxygens (including phenoxy) is 1. The minimum Gasteiger partial charge on any atom is -0.378 e. The van der Waals surface area contributed by atoms with Gasteiger partial charge in [-0.1, -0.05) is 6.92 Å². The van der Waals surface area contributed by atoms with Crippen LogP contribution in [-0.4, -0.2) is 69.4 Å². The Balaban J connectivity index is 1.66. The largest absolute Gasteiger partial charge is 0.378 e. The molecule has 0 unspecified atom stereocenters. The van der Waals surface area contributed by atoms with Gasteiger partial charge in [0, 0.05) is 26.4 Å². The van der Waals surface area contributed by atoms with Crippen molar-refractivity contribution in [2.75, 3.05) is 26.7 Å². The fraction of sp³-hybridized carbons (Fsp3) is 0.467. The first-order valence-electron chi connectivity index (χ1n) is 7.58. The van der Waals surface area contributed by atoms with E-state index in [1.54, 1.807) is 42.7 Å². The number of likely N-dealkylation sites (N-methyl/N-ethyl adjacent to an activating group) is 1. The smallest absolute Gasteiger partial charge is 0.253 e. The minimum absolute atomic E-state index is 0.00928. The fourth-order valence-corrected chi connectivity index (χ4v) is 2.73. The standard InChI is InChI=1S/C15H20N6O2/c1-3-20-7-12(13(8-20)23-2)19-15(22)11-4-5-14(16-6-11)21-9-17-18-10-21/h4-6,9-10,12-13H,3,7-8H2,1-2H3,(H,19,22)/t12-,13-/m0/s1. The Bertz CT molecular complexity index is 642. The molecule has 1 saturated heterocycles. The van der Waals surface area contributed by atoms with E-state index in [4.69, 9.17) is 4.74 Å². The van der Waals surface area contributed by atoms with Gasteiger partial charge in [-0.3, -0.25) is 14.3 Å². The van der Waals surface area contributed by atoms with Crippen LogP contribution in [0.2, 0.25) is 0 Å². The summed E-state index contributed by atoms with van der Waals surface area (Å²) in [5, 5.41) is 10.5. The number of nitrogens with zero attached hydrogens (tertiary/aromatic N) is 5. The highest BCUT2D eigenvalue weighted by atomic mass is 16.5. The molecule has 2 atom stereocenters. The number of aromatic nitrogens is 4. The van der Waals surface area contributed by atoms with Gasteiger partial charge >= 0.3 is 0 Å². The van der Waals surface area contributed by atoms with E-state index in [-0.39, 0.29) is 18.1 Å². The van der Waals surface area contributed by atoms with Gasteiger partial charge in [0.15, 0.2) is 0 Å². The van der Waals surface area contributed by atoms with Crippen LogP contribution >= 0.6 is 0 Å². The summed E-state index contributed by atoms with van der Waals surface area (Å²) < 4.78 is 7.15. The first-order chi connectivity index (χ1) is 11.2. The molecule has 1 N–H and O–H groups in total. The average molecular weight is 316 g/mol. The molecule has 0 spiro atoms. The Morgan fingerprint density at radius 3 is 2.74 bits per heavy atom. The molecule has 1 aliphatic heterocycles. The molecule has 0 bridgehead atoms. The number of hydrogen-bond acceptors (Lipinski definition) is 6. The first-order valence-corrected chi connectivity index (χ1v) is 7.58. The molecule has 2 aromatic rings. The van der Waals surface area contributed by atoms with Gasteiger partial charge in [0.2, 0.25) is 0 Å². The summed E-state index contributed by atoms with van der Waals surface area (Å²) in [6.45, 7) is 4.68. The van der Waals surface area contributed by atoms with Crippen molar-refractivity contribution in [3.05, 3.63) is 36.5 Å². The summed E-state index contributed by atoms with van der Waals surface area (Å²) in [7, 11) is 1.68. The lowest BCUT2D eigenvalue weighted by Gasteiger charge is -2.18. The Morgan fingerprint density at radius 2 is 2.13 bits per heavy atom. The maximum Gasteiger partial charge on any atom is 0.253 e. The quantitative estimate of drug-likeness (QED) is 0.843. The topological polar surface area (TPSA) is 85.2 Å². The molecule has 2 aromatic heterocycles. The van der Waals surface area contributed by atoms with Crippen LogP contribution in [0.25, 0.3) is 5.82 Å². The van der Waals surface area contributed by atoms with Gasteiger partial charge < -0.3 is 10.1 Å². The third-order valence-corrected chi connectivity index (χ3v) is 4.10. The van der Waals surface area contributed by atoms with Gasteiger partial charge in [-0.2, -0.15) is 0 Å². The van der Waals surface area contributed by atoms with Gasteiger partial charge in [0.25, 0.3) is 5.91 Å². The van der Waals surface area contributed by atoms with Crippen LogP contribution in [0.4, 0.5) is 0 Å². The molecule has 122 valence electrons. The van der Waals surface area contributed by atoms with Crippen molar-refractivity contribution in [3.8, 4) is 5.82 Å². The van der Waals surface area contributed by atoms with E-state index < -0.39 is 0 Å². The molecule has 0 aromatic carbocycles. The van der Waals surface area contributed by atoms with E-state index >= 15 is 0 Å². The number of carbonyl (C=O) groups is 1. The SMILES string of the molecule is CCN1C[C@H](NC(=O)c2ccc(-n3cnnc3)nc2)[C@@H](OC)C1. The van der Waals surface area contributed by atoms with Crippen LogP contribution in [0.1, 0.15) is 17.3 Å². The number of methoxy groups -OCH3 is 1. The second-order valence-electron chi connectivity index (χ2n) is 5.48. The van der Waals surface area contributed by atoms with Gasteiger partial charge in [-0.15, -0.1) is 10.2 Å². The van der Waals surface area contributed by atoms with Crippen molar-refractivity contribution < 1.29 is 9.53 Å². The van der Waals surface area contributed by atoms with Gasteiger partial charge in [-0.05, 0) is 18.7 Å². The summed E-state index contributed by atoms with van der Waals surface area (Å²) in [6, 6.07) is 3.50. The van der Waals surface area contributed by atoms with Crippen molar-refractivity contribution in [1.82, 2.24) is 30.0 Å². The Kier molecular flexibility index (Phi) is 4.63. The summed E-state index contributed by atoms with van der Waals surface area (Å²) in [5.74, 6) is 0.525. The van der Waals surface area contributed by atoms with E-state index in [1.165, 1.54) is 0 Å². The molecule has 8 nitrogen and oxygen atoms in total. The zero-order valence-corrected chi connectivity index (χ0v) is 13.2. The van der Waals surface area contributed by atoms with Gasteiger partial charge in [0.1, 0.15) is 18.5 Å². The van der Waals surface area contributed by atoms with E-state index in [2.05, 4.69) is 32.3 Å². The second kappa shape index (κ2) is 6.84. The zero-order valence-electron chi connectivity index (χ0n) is 13.2. The molecule has 1 aliphatic rings. The van der Waals surface area contributed by atoms with Crippen molar-refractivity contribution in [1.29, 1.82) is 0 Å². The molecular formula is C15H20N6O2. The molecule has 8 heteroatoms. The monoisotopic (exact) mass is 316 g/mol. The highest BCUT2D eigenvalue weighted by molar-refractivity contribution is 5.94. The molecule has 23 heavy (non-hydrogen) atoms. The van der Waals surface area contributed by atoms with E-state index in [0.29, 0.717) is 11.4 Å². The maximum absolute atomic E-state index is 12.4. The predicted octanol–water partition coefficient (Wildman–Crippen LogP) is 0.111. The van der Waals surface area contributed by atoms with E-state index in [9.17, 15) is 4.79 Å². The summed E-state index contributed by atoms with van der Waals surface area (Å²) in [6.07, 6.45) is 4.69. The molecule has 0 radical (unpaired) electrons. The van der Waals surface area contributed by atoms with Crippen molar-refractivity contribution in [2.45, 2.75) is 19.1 Å². The van der Waals surface area contributed by atoms with E-state index in [1.807, 2.05) is 0 Å². The third kappa shape index (κ3) is 3.38. The normalized spacial score (nSPS) is 21.5. The molecule has 0 saturated carbocycles. The fourth-order valence-electron chi connectivity index (χ4n) is 2.73. The Hall–Kier alpha value is -2.32. The van der Waals surface area contributed by atoms with Crippen LogP contribution < -0.4 is 5.32 Å². The highest BCUT2D eigenvalue weighted by Gasteiger charge is 2.33. The number of carbonyl (C=O) groups excluding carboxylic acids is 1. The van der Waals surface area contributed by atoms with Crippen molar-refractivity contribution in [2.24, 2.45) is 0 Å². The van der Waals surface area contributed by atoms with Crippen LogP contribution in [0.5, 0.6) is 0 Å². The predicted molar refractivity (Wildman–Crippen MR) is 83.3 cm³/mol. The molecule has 0 aliphatic carbocycles. The lowest BCUT2D eigenvalue weighted by Crippen LogP contribution is -2.43. The van der Waals surface area contributed by atoms with Gasteiger partial charge in [0.05, 0.1) is 17.7 Å². The zero-order chi connectivity index (χ0) is 16.2. The molecule has 1 fully saturated rings. The second-order valence-corrected chi connectivity index (χ2v) is 5.48. The summed E-state index contributed by atoms with van der Waals surface area (Å²) in [5.41, 5.74) is 0.520. The van der Waals surface area contributed by atoms with E-state index in [0.717, 1.165) is 19.6 Å². The first kappa shape index (κ1) is 15.6. The van der Waals surface area contributed by atoms with Crippen LogP contribution in [-0.2, 0) is 4.74 Å². The lowest BCUT2D eigenvalue weighted by molar-refractivity contribution is 0.0762.